The van der Waals surface area contributed by atoms with E-state index in [-0.39, 0.29) is 10.8 Å². The van der Waals surface area contributed by atoms with Crippen molar-refractivity contribution in [1.29, 1.82) is 0 Å². The molecule has 0 radical (unpaired) electrons. The van der Waals surface area contributed by atoms with Gasteiger partial charge in [-0.1, -0.05) is 53.3 Å². The zero-order chi connectivity index (χ0) is 19.7. The lowest BCUT2D eigenvalue weighted by atomic mass is 10.2. The van der Waals surface area contributed by atoms with Gasteiger partial charge in [0.1, 0.15) is 4.83 Å². The highest BCUT2D eigenvalue weighted by atomic mass is 32.2. The van der Waals surface area contributed by atoms with Gasteiger partial charge in [-0.25, -0.2) is 4.98 Å². The van der Waals surface area contributed by atoms with Crippen LogP contribution in [0.25, 0.3) is 20.7 Å². The lowest BCUT2D eigenvalue weighted by molar-refractivity contribution is 0.376. The van der Waals surface area contributed by atoms with Crippen molar-refractivity contribution < 1.29 is 4.52 Å². The van der Waals surface area contributed by atoms with Gasteiger partial charge < -0.3 is 4.52 Å². The van der Waals surface area contributed by atoms with Crippen LogP contribution in [0.15, 0.2) is 63.5 Å². The summed E-state index contributed by atoms with van der Waals surface area (Å²) in [6.07, 6.45) is 1.70. The van der Waals surface area contributed by atoms with Crippen molar-refractivity contribution in [3.63, 3.8) is 0 Å². The topological polar surface area (TPSA) is 73.8 Å². The van der Waals surface area contributed by atoms with Gasteiger partial charge in [-0.2, -0.15) is 4.98 Å². The van der Waals surface area contributed by atoms with Crippen molar-refractivity contribution in [2.75, 3.05) is 0 Å². The Balaban J connectivity index is 1.79. The molecule has 3 heterocycles. The van der Waals surface area contributed by atoms with Crippen LogP contribution >= 0.6 is 23.1 Å². The second-order valence-corrected chi connectivity index (χ2v) is 8.57. The summed E-state index contributed by atoms with van der Waals surface area (Å²) in [6.45, 7) is 7.89. The van der Waals surface area contributed by atoms with Gasteiger partial charge in [0.25, 0.3) is 5.56 Å². The van der Waals surface area contributed by atoms with E-state index in [0.29, 0.717) is 28.8 Å². The Labute approximate surface area is 169 Å². The number of hydrogen-bond acceptors (Lipinski definition) is 7. The van der Waals surface area contributed by atoms with Crippen molar-refractivity contribution in [1.82, 2.24) is 19.7 Å². The minimum absolute atomic E-state index is 0.0697. The summed E-state index contributed by atoms with van der Waals surface area (Å²) in [5.41, 5.74) is 1.00. The van der Waals surface area contributed by atoms with E-state index in [2.05, 4.69) is 16.7 Å². The van der Waals surface area contributed by atoms with Crippen LogP contribution in [0, 0.1) is 6.92 Å². The predicted molar refractivity (Wildman–Crippen MR) is 113 cm³/mol. The van der Waals surface area contributed by atoms with Crippen LogP contribution in [0.5, 0.6) is 0 Å². The van der Waals surface area contributed by atoms with Crippen LogP contribution in [-0.2, 0) is 6.54 Å². The average Bonchev–Trinajstić information content (AvgIpc) is 3.32. The van der Waals surface area contributed by atoms with E-state index < -0.39 is 0 Å². The number of thiophene rings is 1. The molecule has 28 heavy (non-hydrogen) atoms. The minimum Gasteiger partial charge on any atom is -0.338 e. The van der Waals surface area contributed by atoms with Crippen LogP contribution < -0.4 is 5.56 Å². The zero-order valence-corrected chi connectivity index (χ0v) is 17.1. The van der Waals surface area contributed by atoms with E-state index in [4.69, 9.17) is 9.51 Å². The maximum atomic E-state index is 13.1. The van der Waals surface area contributed by atoms with Crippen LogP contribution in [0.3, 0.4) is 0 Å². The molecule has 142 valence electrons. The Morgan fingerprint density at radius 3 is 2.79 bits per heavy atom. The molecular weight excluding hydrogens is 392 g/mol. The SMILES string of the molecule is C=CCn1c(SC(C)c2nc(C)no2)nc2sc(-c3ccccc3)cc2c1=O. The normalized spacial score (nSPS) is 12.4. The molecule has 4 aromatic rings. The summed E-state index contributed by atoms with van der Waals surface area (Å²) in [5, 5.41) is 4.95. The van der Waals surface area contributed by atoms with Gasteiger partial charge in [-0.3, -0.25) is 9.36 Å². The molecule has 3 aromatic heterocycles. The Kier molecular flexibility index (Phi) is 5.15. The largest absolute Gasteiger partial charge is 0.338 e. The van der Waals surface area contributed by atoms with Gasteiger partial charge in [0.2, 0.25) is 5.89 Å². The molecule has 0 saturated heterocycles. The van der Waals surface area contributed by atoms with Gasteiger partial charge in [0.15, 0.2) is 11.0 Å². The number of allylic oxidation sites excluding steroid dienone is 1. The fourth-order valence-electron chi connectivity index (χ4n) is 2.81. The Morgan fingerprint density at radius 1 is 1.32 bits per heavy atom. The number of aromatic nitrogens is 4. The molecule has 0 saturated carbocycles. The predicted octanol–water partition coefficient (Wildman–Crippen LogP) is 4.86. The lowest BCUT2D eigenvalue weighted by Crippen LogP contribution is -2.22. The van der Waals surface area contributed by atoms with Crippen molar-refractivity contribution in [3.8, 4) is 10.4 Å². The van der Waals surface area contributed by atoms with Crippen LogP contribution in [-0.4, -0.2) is 19.7 Å². The van der Waals surface area contributed by atoms with E-state index in [1.807, 2.05) is 43.3 Å². The Morgan fingerprint density at radius 2 is 2.11 bits per heavy atom. The number of fused-ring (bicyclic) bond motifs is 1. The molecule has 0 fully saturated rings. The molecule has 0 spiro atoms. The number of nitrogens with zero attached hydrogens (tertiary/aromatic N) is 4. The molecule has 0 aliphatic carbocycles. The van der Waals surface area contributed by atoms with E-state index in [0.717, 1.165) is 15.3 Å². The molecule has 1 unspecified atom stereocenters. The van der Waals surface area contributed by atoms with Gasteiger partial charge in [0.05, 0.1) is 10.6 Å². The number of benzene rings is 1. The van der Waals surface area contributed by atoms with Gasteiger partial charge >= 0.3 is 0 Å². The van der Waals surface area contributed by atoms with E-state index in [1.165, 1.54) is 23.1 Å². The first kappa shape index (κ1) is 18.6. The molecule has 0 aliphatic rings. The van der Waals surface area contributed by atoms with E-state index in [9.17, 15) is 4.79 Å². The summed E-state index contributed by atoms with van der Waals surface area (Å²) in [6, 6.07) is 11.9. The van der Waals surface area contributed by atoms with Gasteiger partial charge in [0, 0.05) is 11.4 Å². The van der Waals surface area contributed by atoms with Crippen molar-refractivity contribution in [2.24, 2.45) is 0 Å². The number of thioether (sulfide) groups is 1. The van der Waals surface area contributed by atoms with Gasteiger partial charge in [-0.15, -0.1) is 17.9 Å². The number of hydrogen-bond donors (Lipinski definition) is 0. The maximum absolute atomic E-state index is 13.1. The van der Waals surface area contributed by atoms with Crippen molar-refractivity contribution in [2.45, 2.75) is 30.8 Å². The Bertz CT molecular complexity index is 1190. The summed E-state index contributed by atoms with van der Waals surface area (Å²) in [5.74, 6) is 1.10. The third-order valence-electron chi connectivity index (χ3n) is 4.16. The average molecular weight is 411 g/mol. The smallest absolute Gasteiger partial charge is 0.263 e. The first-order chi connectivity index (χ1) is 13.6. The first-order valence-corrected chi connectivity index (χ1v) is 10.4. The van der Waals surface area contributed by atoms with Crippen molar-refractivity contribution >= 4 is 33.3 Å². The summed E-state index contributed by atoms with van der Waals surface area (Å²) < 4.78 is 6.90. The van der Waals surface area contributed by atoms with Gasteiger partial charge in [-0.05, 0) is 25.5 Å². The molecule has 0 aliphatic heterocycles. The minimum atomic E-state index is -0.129. The maximum Gasteiger partial charge on any atom is 0.263 e. The zero-order valence-electron chi connectivity index (χ0n) is 15.5. The fraction of sp³-hybridized carbons (Fsp3) is 0.200. The second-order valence-electron chi connectivity index (χ2n) is 6.23. The molecule has 0 bridgehead atoms. The van der Waals surface area contributed by atoms with Crippen LogP contribution in [0.4, 0.5) is 0 Å². The highest BCUT2D eigenvalue weighted by Crippen LogP contribution is 2.36. The second kappa shape index (κ2) is 7.73. The summed E-state index contributed by atoms with van der Waals surface area (Å²) in [4.78, 5) is 23.9. The summed E-state index contributed by atoms with van der Waals surface area (Å²) >= 11 is 2.94. The van der Waals surface area contributed by atoms with E-state index in [1.54, 1.807) is 17.6 Å². The third kappa shape index (κ3) is 3.53. The monoisotopic (exact) mass is 410 g/mol. The fourth-order valence-corrected chi connectivity index (χ4v) is 4.84. The number of aryl methyl sites for hydroxylation is 1. The van der Waals surface area contributed by atoms with Crippen LogP contribution in [0.1, 0.15) is 23.9 Å². The molecule has 1 aromatic carbocycles. The first-order valence-electron chi connectivity index (χ1n) is 8.74. The Hall–Kier alpha value is -2.71. The molecular formula is C20H18N4O2S2. The highest BCUT2D eigenvalue weighted by molar-refractivity contribution is 7.99. The lowest BCUT2D eigenvalue weighted by Gasteiger charge is -2.12. The molecule has 4 rings (SSSR count). The highest BCUT2D eigenvalue weighted by Gasteiger charge is 2.20. The molecule has 8 heteroatoms. The number of rotatable bonds is 6. The molecule has 0 amide bonds. The molecule has 0 N–H and O–H groups in total. The van der Waals surface area contributed by atoms with E-state index >= 15 is 0 Å². The standard InChI is InChI=1S/C20H18N4O2S2/c1-4-10-24-19(25)15-11-16(14-8-6-5-7-9-14)28-18(15)22-20(24)27-12(2)17-21-13(3)23-26-17/h4-9,11-12H,1,10H2,2-3H3. The third-order valence-corrected chi connectivity index (χ3v) is 6.32. The van der Waals surface area contributed by atoms with Crippen LogP contribution in [0.2, 0.25) is 0 Å². The van der Waals surface area contributed by atoms with Crippen molar-refractivity contribution in [3.05, 3.63) is 71.1 Å². The summed E-state index contributed by atoms with van der Waals surface area (Å²) in [7, 11) is 0. The molecule has 1 atom stereocenters. The quantitative estimate of drug-likeness (QED) is 0.257. The molecule has 6 nitrogen and oxygen atoms in total.